The SMILES string of the molecule is CC(C)CC(N)(C(C)C)C(C)C. The molecule has 1 heteroatoms. The van der Waals surface area contributed by atoms with Crippen LogP contribution < -0.4 is 5.73 Å². The molecule has 0 aliphatic rings. The van der Waals surface area contributed by atoms with Crippen LogP contribution in [0.15, 0.2) is 0 Å². The summed E-state index contributed by atoms with van der Waals surface area (Å²) in [4.78, 5) is 0. The third kappa shape index (κ3) is 2.78. The molecule has 0 aromatic carbocycles. The largest absolute Gasteiger partial charge is 0.325 e. The quantitative estimate of drug-likeness (QED) is 0.691. The normalized spacial score (nSPS) is 13.5. The van der Waals surface area contributed by atoms with Crippen molar-refractivity contribution in [1.29, 1.82) is 0 Å². The van der Waals surface area contributed by atoms with Gasteiger partial charge in [0.05, 0.1) is 0 Å². The van der Waals surface area contributed by atoms with Crippen LogP contribution in [0.2, 0.25) is 0 Å². The first-order chi connectivity index (χ1) is 5.30. The maximum absolute atomic E-state index is 6.38. The second kappa shape index (κ2) is 4.27. The van der Waals surface area contributed by atoms with Crippen molar-refractivity contribution in [1.82, 2.24) is 0 Å². The minimum Gasteiger partial charge on any atom is -0.325 e. The van der Waals surface area contributed by atoms with Gasteiger partial charge in [0.2, 0.25) is 0 Å². The third-order valence-electron chi connectivity index (χ3n) is 2.91. The van der Waals surface area contributed by atoms with Crippen LogP contribution in [0.4, 0.5) is 0 Å². The molecule has 0 amide bonds. The van der Waals surface area contributed by atoms with Gasteiger partial charge in [-0.3, -0.25) is 0 Å². The van der Waals surface area contributed by atoms with Crippen molar-refractivity contribution in [2.24, 2.45) is 23.5 Å². The summed E-state index contributed by atoms with van der Waals surface area (Å²) in [6.07, 6.45) is 1.13. The monoisotopic (exact) mass is 171 g/mol. The molecule has 0 unspecified atom stereocenters. The van der Waals surface area contributed by atoms with E-state index >= 15 is 0 Å². The molecule has 12 heavy (non-hydrogen) atoms. The molecular weight excluding hydrogens is 146 g/mol. The highest BCUT2D eigenvalue weighted by atomic mass is 14.8. The minimum atomic E-state index is 0.0220. The van der Waals surface area contributed by atoms with Crippen LogP contribution in [0.3, 0.4) is 0 Å². The molecule has 0 atom stereocenters. The van der Waals surface area contributed by atoms with Gasteiger partial charge in [0.15, 0.2) is 0 Å². The molecule has 0 heterocycles. The lowest BCUT2D eigenvalue weighted by atomic mass is 9.73. The molecule has 1 nitrogen and oxygen atoms in total. The van der Waals surface area contributed by atoms with E-state index in [-0.39, 0.29) is 5.54 Å². The number of rotatable bonds is 4. The average Bonchev–Trinajstić information content (AvgIpc) is 1.84. The highest BCUT2D eigenvalue weighted by Crippen LogP contribution is 2.29. The molecule has 74 valence electrons. The average molecular weight is 171 g/mol. The molecule has 0 aliphatic heterocycles. The standard InChI is InChI=1S/C11H25N/c1-8(2)7-11(12,9(3)4)10(5)6/h8-10H,7,12H2,1-6H3. The fourth-order valence-electron chi connectivity index (χ4n) is 1.85. The van der Waals surface area contributed by atoms with Crippen LogP contribution in [-0.2, 0) is 0 Å². The Morgan fingerprint density at radius 1 is 0.917 bits per heavy atom. The Hall–Kier alpha value is -0.0400. The lowest BCUT2D eigenvalue weighted by Gasteiger charge is -2.39. The van der Waals surface area contributed by atoms with Crippen molar-refractivity contribution in [3.05, 3.63) is 0 Å². The Bertz CT molecular complexity index is 117. The first-order valence-corrected chi connectivity index (χ1v) is 5.09. The van der Waals surface area contributed by atoms with Crippen molar-refractivity contribution in [3.63, 3.8) is 0 Å². The summed E-state index contributed by atoms with van der Waals surface area (Å²) in [7, 11) is 0. The molecule has 0 aromatic rings. The zero-order chi connectivity index (χ0) is 9.94. The summed E-state index contributed by atoms with van der Waals surface area (Å²) >= 11 is 0. The van der Waals surface area contributed by atoms with Crippen LogP contribution in [0.5, 0.6) is 0 Å². The Morgan fingerprint density at radius 3 is 1.33 bits per heavy atom. The molecule has 0 fully saturated rings. The van der Waals surface area contributed by atoms with Gasteiger partial charge in [0, 0.05) is 5.54 Å². The van der Waals surface area contributed by atoms with Crippen LogP contribution in [0.25, 0.3) is 0 Å². The smallest absolute Gasteiger partial charge is 0.0203 e. The molecule has 0 aromatic heterocycles. The van der Waals surface area contributed by atoms with E-state index in [9.17, 15) is 0 Å². The molecule has 0 rings (SSSR count). The third-order valence-corrected chi connectivity index (χ3v) is 2.91. The Balaban J connectivity index is 4.40. The Kier molecular flexibility index (Phi) is 4.25. The fourth-order valence-corrected chi connectivity index (χ4v) is 1.85. The molecule has 0 bridgehead atoms. The molecule has 2 N–H and O–H groups in total. The van der Waals surface area contributed by atoms with Crippen LogP contribution in [-0.4, -0.2) is 5.54 Å². The number of hydrogen-bond donors (Lipinski definition) is 1. The lowest BCUT2D eigenvalue weighted by molar-refractivity contribution is 0.185. The van der Waals surface area contributed by atoms with Crippen LogP contribution in [0, 0.1) is 17.8 Å². The van der Waals surface area contributed by atoms with Crippen molar-refractivity contribution >= 4 is 0 Å². The van der Waals surface area contributed by atoms with Crippen molar-refractivity contribution < 1.29 is 0 Å². The van der Waals surface area contributed by atoms with Gasteiger partial charge < -0.3 is 5.73 Å². The first-order valence-electron chi connectivity index (χ1n) is 5.09. The minimum absolute atomic E-state index is 0.0220. The van der Waals surface area contributed by atoms with Gasteiger partial charge in [-0.25, -0.2) is 0 Å². The van der Waals surface area contributed by atoms with E-state index in [0.29, 0.717) is 17.8 Å². The van der Waals surface area contributed by atoms with E-state index in [1.807, 2.05) is 0 Å². The fraction of sp³-hybridized carbons (Fsp3) is 1.00. The number of hydrogen-bond acceptors (Lipinski definition) is 1. The maximum Gasteiger partial charge on any atom is 0.0203 e. The zero-order valence-corrected chi connectivity index (χ0v) is 9.52. The van der Waals surface area contributed by atoms with Crippen LogP contribution >= 0.6 is 0 Å². The van der Waals surface area contributed by atoms with E-state index in [1.54, 1.807) is 0 Å². The van der Waals surface area contributed by atoms with E-state index in [2.05, 4.69) is 41.5 Å². The highest BCUT2D eigenvalue weighted by Gasteiger charge is 2.32. The van der Waals surface area contributed by atoms with Gasteiger partial charge in [-0.2, -0.15) is 0 Å². The van der Waals surface area contributed by atoms with Crippen LogP contribution in [0.1, 0.15) is 48.0 Å². The molecular formula is C11H25N. The summed E-state index contributed by atoms with van der Waals surface area (Å²) in [5, 5.41) is 0. The molecule has 0 saturated heterocycles. The molecule has 0 saturated carbocycles. The summed E-state index contributed by atoms with van der Waals surface area (Å²) in [5.41, 5.74) is 6.41. The Labute approximate surface area is 77.7 Å². The van der Waals surface area contributed by atoms with Crippen molar-refractivity contribution in [2.45, 2.75) is 53.5 Å². The summed E-state index contributed by atoms with van der Waals surface area (Å²) < 4.78 is 0. The topological polar surface area (TPSA) is 26.0 Å². The van der Waals surface area contributed by atoms with Gasteiger partial charge in [0.1, 0.15) is 0 Å². The second-order valence-electron chi connectivity index (χ2n) is 5.02. The van der Waals surface area contributed by atoms with Gasteiger partial charge in [-0.1, -0.05) is 41.5 Å². The van der Waals surface area contributed by atoms with Gasteiger partial charge in [0.25, 0.3) is 0 Å². The van der Waals surface area contributed by atoms with E-state index in [4.69, 9.17) is 5.73 Å². The van der Waals surface area contributed by atoms with E-state index < -0.39 is 0 Å². The predicted octanol–water partition coefficient (Wildman–Crippen LogP) is 3.04. The zero-order valence-electron chi connectivity index (χ0n) is 9.52. The van der Waals surface area contributed by atoms with E-state index in [1.165, 1.54) is 0 Å². The van der Waals surface area contributed by atoms with Crippen molar-refractivity contribution in [3.8, 4) is 0 Å². The molecule has 0 aliphatic carbocycles. The maximum atomic E-state index is 6.38. The van der Waals surface area contributed by atoms with E-state index in [0.717, 1.165) is 6.42 Å². The number of nitrogens with two attached hydrogens (primary N) is 1. The van der Waals surface area contributed by atoms with Gasteiger partial charge >= 0.3 is 0 Å². The molecule has 0 radical (unpaired) electrons. The Morgan fingerprint density at radius 2 is 1.25 bits per heavy atom. The lowest BCUT2D eigenvalue weighted by Crippen LogP contribution is -2.50. The predicted molar refractivity (Wildman–Crippen MR) is 56.0 cm³/mol. The summed E-state index contributed by atoms with van der Waals surface area (Å²) in [6, 6.07) is 0. The first kappa shape index (κ1) is 12.0. The summed E-state index contributed by atoms with van der Waals surface area (Å²) in [5.74, 6) is 1.83. The van der Waals surface area contributed by atoms with Gasteiger partial charge in [-0.05, 0) is 24.2 Å². The summed E-state index contributed by atoms with van der Waals surface area (Å²) in [6.45, 7) is 13.4. The highest BCUT2D eigenvalue weighted by molar-refractivity contribution is 4.90. The van der Waals surface area contributed by atoms with Crippen molar-refractivity contribution in [2.75, 3.05) is 0 Å². The second-order valence-corrected chi connectivity index (χ2v) is 5.02. The molecule has 0 spiro atoms. The van der Waals surface area contributed by atoms with Gasteiger partial charge in [-0.15, -0.1) is 0 Å².